The minimum atomic E-state index is -0.0903. The van der Waals surface area contributed by atoms with Gasteiger partial charge in [0.15, 0.2) is 5.82 Å². The van der Waals surface area contributed by atoms with Gasteiger partial charge < -0.3 is 16.0 Å². The van der Waals surface area contributed by atoms with Gasteiger partial charge in [0.05, 0.1) is 6.33 Å². The molecule has 1 heterocycles. The molecule has 19 heavy (non-hydrogen) atoms. The number of aromatic amines is 1. The first-order chi connectivity index (χ1) is 9.20. The number of nitrogens with zero attached hydrogens (tertiary/aromatic N) is 1. The van der Waals surface area contributed by atoms with Crippen LogP contribution >= 0.6 is 0 Å². The summed E-state index contributed by atoms with van der Waals surface area (Å²) in [6.45, 7) is 0. The van der Waals surface area contributed by atoms with Gasteiger partial charge in [-0.25, -0.2) is 4.98 Å². The molecule has 0 radical (unpaired) electrons. The molecule has 4 saturated carbocycles. The number of rotatable bonds is 2. The van der Waals surface area contributed by atoms with Crippen LogP contribution in [-0.4, -0.2) is 21.9 Å². The van der Waals surface area contributed by atoms with Crippen LogP contribution in [0, 0.1) is 23.7 Å². The number of H-pyrrole nitrogens is 1. The average Bonchev–Trinajstić information content (AvgIpc) is 2.79. The van der Waals surface area contributed by atoms with Gasteiger partial charge in [-0.05, 0) is 55.8 Å². The molecule has 1 aromatic heterocycles. The number of imidazole rings is 1. The number of nitrogens with two attached hydrogens (primary N) is 1. The molecular formula is C14H20N4O. The van der Waals surface area contributed by atoms with E-state index in [1.807, 2.05) is 0 Å². The molecule has 0 saturated heterocycles. The van der Waals surface area contributed by atoms with Crippen LogP contribution in [0.25, 0.3) is 0 Å². The van der Waals surface area contributed by atoms with Crippen molar-refractivity contribution in [2.75, 3.05) is 5.73 Å². The lowest BCUT2D eigenvalue weighted by Gasteiger charge is -2.54. The summed E-state index contributed by atoms with van der Waals surface area (Å²) in [5.41, 5.74) is 6.10. The molecule has 0 unspecified atom stereocenters. The second-order valence-electron chi connectivity index (χ2n) is 6.59. The largest absolute Gasteiger partial charge is 0.382 e. The maximum Gasteiger partial charge on any atom is 0.271 e. The van der Waals surface area contributed by atoms with Gasteiger partial charge in [0, 0.05) is 6.04 Å². The summed E-state index contributed by atoms with van der Waals surface area (Å²) in [7, 11) is 0. The number of hydrogen-bond donors (Lipinski definition) is 3. The summed E-state index contributed by atoms with van der Waals surface area (Å²) in [6.07, 6.45) is 8.11. The standard InChI is InChI=1S/C14H20N4O/c15-13-12(16-6-17-13)14(19)18-11-9-2-7-1-8(4-9)5-10(11)3-7/h6-11H,1-5,15H2,(H,16,17)(H,18,19). The van der Waals surface area contributed by atoms with E-state index in [-0.39, 0.29) is 5.91 Å². The van der Waals surface area contributed by atoms with Gasteiger partial charge in [-0.3, -0.25) is 4.79 Å². The topological polar surface area (TPSA) is 83.8 Å². The van der Waals surface area contributed by atoms with Crippen LogP contribution < -0.4 is 11.1 Å². The highest BCUT2D eigenvalue weighted by atomic mass is 16.2. The zero-order valence-electron chi connectivity index (χ0n) is 10.9. The first kappa shape index (κ1) is 11.3. The van der Waals surface area contributed by atoms with Crippen molar-refractivity contribution in [3.63, 3.8) is 0 Å². The fraction of sp³-hybridized carbons (Fsp3) is 0.714. The van der Waals surface area contributed by atoms with Crippen LogP contribution in [0.2, 0.25) is 0 Å². The first-order valence-electron chi connectivity index (χ1n) is 7.30. The highest BCUT2D eigenvalue weighted by molar-refractivity contribution is 5.96. The molecule has 0 spiro atoms. The Labute approximate surface area is 112 Å². The minimum absolute atomic E-state index is 0.0903. The first-order valence-corrected chi connectivity index (χ1v) is 7.30. The quantitative estimate of drug-likeness (QED) is 0.754. The third-order valence-corrected chi connectivity index (χ3v) is 5.42. The van der Waals surface area contributed by atoms with Crippen LogP contribution in [0.1, 0.15) is 42.6 Å². The SMILES string of the molecule is Nc1nc[nH]c1C(=O)NC1C2CC3CC(C2)CC1C3. The van der Waals surface area contributed by atoms with Crippen LogP contribution in [0.5, 0.6) is 0 Å². The third kappa shape index (κ3) is 1.75. The third-order valence-electron chi connectivity index (χ3n) is 5.42. The fourth-order valence-corrected chi connectivity index (χ4v) is 4.87. The molecule has 4 aliphatic carbocycles. The van der Waals surface area contributed by atoms with Crippen molar-refractivity contribution in [3.8, 4) is 0 Å². The average molecular weight is 260 g/mol. The Kier molecular flexibility index (Phi) is 2.37. The molecule has 0 aromatic carbocycles. The van der Waals surface area contributed by atoms with Gasteiger partial charge in [0.1, 0.15) is 5.69 Å². The van der Waals surface area contributed by atoms with E-state index in [2.05, 4.69) is 15.3 Å². The summed E-state index contributed by atoms with van der Waals surface area (Å²) in [4.78, 5) is 19.0. The van der Waals surface area contributed by atoms with Crippen molar-refractivity contribution in [1.82, 2.24) is 15.3 Å². The number of carbonyl (C=O) groups excluding carboxylic acids is 1. The van der Waals surface area contributed by atoms with Crippen molar-refractivity contribution in [3.05, 3.63) is 12.0 Å². The predicted molar refractivity (Wildman–Crippen MR) is 71.3 cm³/mol. The maximum absolute atomic E-state index is 12.3. The molecule has 1 aromatic rings. The van der Waals surface area contributed by atoms with Crippen molar-refractivity contribution in [2.24, 2.45) is 23.7 Å². The number of hydrogen-bond acceptors (Lipinski definition) is 3. The minimum Gasteiger partial charge on any atom is -0.382 e. The van der Waals surface area contributed by atoms with E-state index >= 15 is 0 Å². The maximum atomic E-state index is 12.3. The summed E-state index contributed by atoms with van der Waals surface area (Å²) in [5, 5.41) is 3.22. The van der Waals surface area contributed by atoms with Crippen molar-refractivity contribution in [2.45, 2.75) is 38.1 Å². The lowest BCUT2D eigenvalue weighted by Crippen LogP contribution is -2.55. The predicted octanol–water partition coefficient (Wildman–Crippen LogP) is 1.55. The number of amides is 1. The highest BCUT2D eigenvalue weighted by Crippen LogP contribution is 2.53. The van der Waals surface area contributed by atoms with Crippen LogP contribution in [-0.2, 0) is 0 Å². The molecule has 0 aliphatic heterocycles. The number of nitrogen functional groups attached to an aromatic ring is 1. The van der Waals surface area contributed by atoms with Gasteiger partial charge in [-0.1, -0.05) is 0 Å². The summed E-state index contributed by atoms with van der Waals surface area (Å²) >= 11 is 0. The molecule has 1 amide bonds. The molecule has 4 fully saturated rings. The monoisotopic (exact) mass is 260 g/mol. The lowest BCUT2D eigenvalue weighted by atomic mass is 9.54. The highest BCUT2D eigenvalue weighted by Gasteiger charge is 2.48. The van der Waals surface area contributed by atoms with Crippen molar-refractivity contribution in [1.29, 1.82) is 0 Å². The van der Waals surface area contributed by atoms with E-state index < -0.39 is 0 Å². The fourth-order valence-electron chi connectivity index (χ4n) is 4.87. The second kappa shape index (κ2) is 3.99. The molecular weight excluding hydrogens is 240 g/mol. The van der Waals surface area contributed by atoms with E-state index in [0.29, 0.717) is 29.4 Å². The molecule has 4 N–H and O–H groups in total. The van der Waals surface area contributed by atoms with E-state index in [9.17, 15) is 4.79 Å². The summed E-state index contributed by atoms with van der Waals surface area (Å²) in [6, 6.07) is 0.350. The molecule has 4 aliphatic rings. The van der Waals surface area contributed by atoms with Gasteiger partial charge >= 0.3 is 0 Å². The molecule has 5 heteroatoms. The van der Waals surface area contributed by atoms with Gasteiger partial charge in [-0.15, -0.1) is 0 Å². The van der Waals surface area contributed by atoms with E-state index in [1.54, 1.807) is 0 Å². The van der Waals surface area contributed by atoms with Gasteiger partial charge in [0.2, 0.25) is 0 Å². The normalized spacial score (nSPS) is 39.5. The number of aromatic nitrogens is 2. The van der Waals surface area contributed by atoms with Crippen LogP contribution in [0.3, 0.4) is 0 Å². The van der Waals surface area contributed by atoms with Crippen molar-refractivity contribution >= 4 is 11.7 Å². The van der Waals surface area contributed by atoms with Gasteiger partial charge in [-0.2, -0.15) is 0 Å². The Morgan fingerprint density at radius 1 is 1.21 bits per heavy atom. The second-order valence-corrected chi connectivity index (χ2v) is 6.59. The van der Waals surface area contributed by atoms with E-state index in [4.69, 9.17) is 5.73 Å². The Balaban J connectivity index is 1.51. The molecule has 5 rings (SSSR count). The van der Waals surface area contributed by atoms with E-state index in [1.165, 1.54) is 38.4 Å². The zero-order chi connectivity index (χ0) is 13.0. The number of carbonyl (C=O) groups is 1. The molecule has 0 atom stereocenters. The zero-order valence-corrected chi connectivity index (χ0v) is 10.9. The molecule has 5 nitrogen and oxygen atoms in total. The Morgan fingerprint density at radius 3 is 2.37 bits per heavy atom. The Bertz CT molecular complexity index is 481. The van der Waals surface area contributed by atoms with Crippen LogP contribution in [0.15, 0.2) is 6.33 Å². The smallest absolute Gasteiger partial charge is 0.271 e. The lowest BCUT2D eigenvalue weighted by molar-refractivity contribution is -0.0120. The summed E-state index contributed by atoms with van der Waals surface area (Å²) in [5.74, 6) is 3.42. The number of nitrogens with one attached hydrogen (secondary N) is 2. The Morgan fingerprint density at radius 2 is 1.84 bits per heavy atom. The molecule has 4 bridgehead atoms. The summed E-state index contributed by atoms with van der Waals surface area (Å²) < 4.78 is 0. The Hall–Kier alpha value is -1.52. The van der Waals surface area contributed by atoms with Crippen LogP contribution in [0.4, 0.5) is 5.82 Å². The number of anilines is 1. The molecule has 102 valence electrons. The van der Waals surface area contributed by atoms with Crippen molar-refractivity contribution < 1.29 is 4.79 Å². The van der Waals surface area contributed by atoms with Gasteiger partial charge in [0.25, 0.3) is 5.91 Å². The van der Waals surface area contributed by atoms with E-state index in [0.717, 1.165) is 11.8 Å².